The highest BCUT2D eigenvalue weighted by Gasteiger charge is 2.31. The van der Waals surface area contributed by atoms with Crippen LogP contribution in [-0.4, -0.2) is 103 Å². The number of nitrogens with zero attached hydrogens (tertiary/aromatic N) is 4. The van der Waals surface area contributed by atoms with E-state index in [9.17, 15) is 23.3 Å². The molecule has 8 rings (SSSR count). The topological polar surface area (TPSA) is 162 Å². The number of nitrogens with one attached hydrogen (secondary N) is 3. The maximum atomic E-state index is 14.0. The molecule has 4 heterocycles. The molecule has 0 spiro atoms. The summed E-state index contributed by atoms with van der Waals surface area (Å²) in [6.07, 6.45) is 4.22. The highest BCUT2D eigenvalue weighted by molar-refractivity contribution is 14.1. The number of sulfonamides is 1. The van der Waals surface area contributed by atoms with Crippen LogP contribution in [0.4, 0.5) is 17.1 Å². The Labute approximate surface area is 379 Å². The van der Waals surface area contributed by atoms with Crippen LogP contribution in [-0.2, 0) is 14.8 Å². The van der Waals surface area contributed by atoms with Crippen LogP contribution < -0.4 is 19.7 Å². The number of aromatic nitrogens is 1. The van der Waals surface area contributed by atoms with Gasteiger partial charge in [-0.3, -0.25) is 24.7 Å². The quantitative estimate of drug-likeness (QED) is 0.0340. The molecule has 4 aromatic carbocycles. The highest BCUT2D eigenvalue weighted by Crippen LogP contribution is 2.37. The first kappa shape index (κ1) is 43.9. The number of alkyl halides is 1. The van der Waals surface area contributed by atoms with E-state index in [1.165, 1.54) is 23.3 Å². The molecule has 0 unspecified atom stereocenters. The van der Waals surface area contributed by atoms with Gasteiger partial charge in [-0.1, -0.05) is 46.3 Å². The van der Waals surface area contributed by atoms with Gasteiger partial charge in [0.05, 0.1) is 32.1 Å². The Hall–Kier alpha value is -4.72. The van der Waals surface area contributed by atoms with Crippen LogP contribution >= 0.6 is 34.2 Å². The summed E-state index contributed by atoms with van der Waals surface area (Å²) in [4.78, 5) is 35.2. The number of amides is 1. The van der Waals surface area contributed by atoms with Crippen LogP contribution in [0.2, 0.25) is 5.02 Å². The zero-order chi connectivity index (χ0) is 43.6. The van der Waals surface area contributed by atoms with E-state index in [4.69, 9.17) is 21.1 Å². The van der Waals surface area contributed by atoms with Gasteiger partial charge < -0.3 is 24.7 Å². The molecule has 0 aliphatic carbocycles. The molecule has 2 fully saturated rings. The summed E-state index contributed by atoms with van der Waals surface area (Å²) < 4.78 is 43.1. The van der Waals surface area contributed by atoms with E-state index in [2.05, 4.69) is 78.3 Å². The Morgan fingerprint density at radius 3 is 2.45 bits per heavy atom. The van der Waals surface area contributed by atoms with Crippen LogP contribution in [0, 0.1) is 10.1 Å². The van der Waals surface area contributed by atoms with Crippen molar-refractivity contribution in [3.8, 4) is 11.5 Å². The minimum atomic E-state index is -4.55. The van der Waals surface area contributed by atoms with Crippen LogP contribution in [0.25, 0.3) is 16.5 Å². The molecule has 0 radical (unpaired) electrons. The number of halogens is 2. The molecule has 1 aromatic heterocycles. The largest absolute Gasteiger partial charge is 0.456 e. The minimum absolute atomic E-state index is 0.00869. The van der Waals surface area contributed by atoms with Gasteiger partial charge in [0.15, 0.2) is 0 Å². The number of hydrogen-bond acceptors (Lipinski definition) is 11. The van der Waals surface area contributed by atoms with Crippen molar-refractivity contribution in [3.63, 3.8) is 0 Å². The van der Waals surface area contributed by atoms with Crippen molar-refractivity contribution in [1.29, 1.82) is 0 Å². The number of fused-ring (bicyclic) bond motifs is 1. The second kappa shape index (κ2) is 18.6. The van der Waals surface area contributed by atoms with Crippen LogP contribution in [0.5, 0.6) is 11.5 Å². The average molecular weight is 994 g/mol. The number of ether oxygens (including phenoxy) is 2. The minimum Gasteiger partial charge on any atom is -0.456 e. The zero-order valence-electron chi connectivity index (χ0n) is 34.5. The molecule has 14 nitrogen and oxygen atoms in total. The van der Waals surface area contributed by atoms with Gasteiger partial charge in [-0.05, 0) is 104 Å². The fraction of sp³-hybridized carbons (Fsp3) is 0.356. The number of likely N-dealkylation sites (tertiary alicyclic amines) is 1. The molecule has 0 atom stereocenters. The van der Waals surface area contributed by atoms with Crippen molar-refractivity contribution >= 4 is 83.7 Å². The van der Waals surface area contributed by atoms with E-state index in [1.807, 2.05) is 36.5 Å². The summed E-state index contributed by atoms with van der Waals surface area (Å²) >= 11 is 8.54. The molecule has 62 heavy (non-hydrogen) atoms. The van der Waals surface area contributed by atoms with Crippen LogP contribution in [0.3, 0.4) is 0 Å². The van der Waals surface area contributed by atoms with Crippen LogP contribution in [0.15, 0.2) is 102 Å². The monoisotopic (exact) mass is 993 g/mol. The number of rotatable bonds is 13. The second-order valence-corrected chi connectivity index (χ2v) is 19.4. The lowest BCUT2D eigenvalue weighted by Gasteiger charge is -2.39. The lowest BCUT2D eigenvalue weighted by molar-refractivity contribution is -0.384. The molecule has 17 heteroatoms. The third kappa shape index (κ3) is 10.2. The molecule has 1 amide bonds. The Kier molecular flexibility index (Phi) is 13.1. The standard InChI is InChI=1S/C45H49ClIN7O7S/c1-45(2)26-39(30-3-5-33(46)6-4-30)32(28-60-45)27-51-19-21-53(22-20-51)35-7-10-38(43(24-35)61-36-8-11-40-31(23-36)13-16-48-40)44(55)50-62(58,59)37-9-12-41(42(25-37)54(56)57)49-34-14-17-52(29-47)18-15-34/h3-13,16,23-25,34,48-49H,14-15,17-22,26-29H2,1-2H3,(H,50,55). The summed E-state index contributed by atoms with van der Waals surface area (Å²) in [5, 5.41) is 17.0. The number of piperazine rings is 1. The number of carbonyl (C=O) groups is 1. The fourth-order valence-electron chi connectivity index (χ4n) is 8.31. The lowest BCUT2D eigenvalue weighted by Crippen LogP contribution is -2.47. The summed E-state index contributed by atoms with van der Waals surface area (Å²) in [5.41, 5.74) is 4.97. The van der Waals surface area contributed by atoms with Gasteiger partial charge in [0.2, 0.25) is 0 Å². The number of carbonyl (C=O) groups excluding carboxylic acids is 1. The van der Waals surface area contributed by atoms with Crippen molar-refractivity contribution in [2.45, 2.75) is 49.6 Å². The van der Waals surface area contributed by atoms with E-state index in [-0.39, 0.29) is 34.3 Å². The second-order valence-electron chi connectivity index (χ2n) is 16.6. The molecule has 2 saturated heterocycles. The predicted octanol–water partition coefficient (Wildman–Crippen LogP) is 8.68. The van der Waals surface area contributed by atoms with Crippen molar-refractivity contribution in [2.24, 2.45) is 0 Å². The van der Waals surface area contributed by atoms with Crippen LogP contribution in [0.1, 0.15) is 49.0 Å². The molecule has 326 valence electrons. The maximum Gasteiger partial charge on any atom is 0.293 e. The predicted molar refractivity (Wildman–Crippen MR) is 251 cm³/mol. The summed E-state index contributed by atoms with van der Waals surface area (Å²) in [6, 6.07) is 24.1. The Balaban J connectivity index is 1.00. The first-order valence-electron chi connectivity index (χ1n) is 20.6. The van der Waals surface area contributed by atoms with Crippen molar-refractivity contribution < 1.29 is 27.6 Å². The molecule has 3 aliphatic rings. The van der Waals surface area contributed by atoms with Gasteiger partial charge in [0.1, 0.15) is 17.2 Å². The van der Waals surface area contributed by atoms with E-state index in [0.29, 0.717) is 30.5 Å². The lowest BCUT2D eigenvalue weighted by atomic mass is 9.87. The first-order chi connectivity index (χ1) is 29.7. The molecule has 5 aromatic rings. The fourth-order valence-corrected chi connectivity index (χ4v) is 10.1. The Morgan fingerprint density at radius 1 is 0.968 bits per heavy atom. The zero-order valence-corrected chi connectivity index (χ0v) is 38.3. The van der Waals surface area contributed by atoms with Gasteiger partial charge in [-0.15, -0.1) is 0 Å². The van der Waals surface area contributed by atoms with Gasteiger partial charge in [0, 0.05) is 98.2 Å². The van der Waals surface area contributed by atoms with Crippen molar-refractivity contribution in [1.82, 2.24) is 19.5 Å². The van der Waals surface area contributed by atoms with Crippen molar-refractivity contribution in [3.05, 3.63) is 123 Å². The van der Waals surface area contributed by atoms with E-state index in [0.717, 1.165) is 84.8 Å². The summed E-state index contributed by atoms with van der Waals surface area (Å²) in [7, 11) is -4.55. The molecular weight excluding hydrogens is 945 g/mol. The number of benzene rings is 4. The molecule has 0 bridgehead atoms. The number of aromatic amines is 1. The maximum absolute atomic E-state index is 14.0. The Morgan fingerprint density at radius 2 is 1.73 bits per heavy atom. The van der Waals surface area contributed by atoms with E-state index < -0.39 is 25.7 Å². The van der Waals surface area contributed by atoms with E-state index in [1.54, 1.807) is 24.3 Å². The first-order valence-corrected chi connectivity index (χ1v) is 24.0. The Bertz CT molecular complexity index is 2600. The summed E-state index contributed by atoms with van der Waals surface area (Å²) in [6.45, 7) is 10.2. The van der Waals surface area contributed by atoms with Gasteiger partial charge >= 0.3 is 0 Å². The van der Waals surface area contributed by atoms with E-state index >= 15 is 0 Å². The summed E-state index contributed by atoms with van der Waals surface area (Å²) in [5.74, 6) is -0.322. The number of H-pyrrole nitrogens is 1. The van der Waals surface area contributed by atoms with Gasteiger partial charge in [-0.25, -0.2) is 13.1 Å². The van der Waals surface area contributed by atoms with Gasteiger partial charge in [-0.2, -0.15) is 0 Å². The van der Waals surface area contributed by atoms with Crippen molar-refractivity contribution in [2.75, 3.05) is 67.2 Å². The number of hydrogen-bond donors (Lipinski definition) is 3. The average Bonchev–Trinajstić information content (AvgIpc) is 3.73. The molecule has 3 N–H and O–H groups in total. The third-order valence-electron chi connectivity index (χ3n) is 11.8. The molecular formula is C45H49ClIN7O7S. The highest BCUT2D eigenvalue weighted by atomic mass is 127. The third-order valence-corrected chi connectivity index (χ3v) is 14.3. The van der Waals surface area contributed by atoms with Gasteiger partial charge in [0.25, 0.3) is 21.6 Å². The SMILES string of the molecule is CC1(C)CC(c2ccc(Cl)cc2)=C(CN2CCN(c3ccc(C(=O)NS(=O)(=O)c4ccc(NC5CCN(CI)CC5)c([N+](=O)[O-])c4)c(Oc4ccc5[nH]ccc5c4)c3)CC2)CO1. The smallest absolute Gasteiger partial charge is 0.293 e. The molecule has 3 aliphatic heterocycles. The number of piperidine rings is 1. The molecule has 0 saturated carbocycles. The normalized spacial score (nSPS) is 17.9. The number of nitro benzene ring substituents is 1. The number of anilines is 2. The number of nitro groups is 1.